The fraction of sp³-hybridized carbons (Fsp3) is 0.562. The van der Waals surface area contributed by atoms with Crippen LogP contribution in [0, 0.1) is 17.7 Å². The van der Waals surface area contributed by atoms with Gasteiger partial charge in [-0.05, 0) is 49.9 Å². The van der Waals surface area contributed by atoms with Crippen LogP contribution in [0.15, 0.2) is 18.2 Å². The molecule has 1 aliphatic carbocycles. The number of amides is 1. The third kappa shape index (κ3) is 3.53. The third-order valence-electron chi connectivity index (χ3n) is 4.33. The van der Waals surface area contributed by atoms with Gasteiger partial charge in [-0.2, -0.15) is 0 Å². The molecule has 0 aromatic heterocycles. The van der Waals surface area contributed by atoms with Crippen molar-refractivity contribution in [1.29, 1.82) is 0 Å². The lowest BCUT2D eigenvalue weighted by Gasteiger charge is -2.21. The predicted octanol–water partition coefficient (Wildman–Crippen LogP) is 2.39. The first-order chi connectivity index (χ1) is 10.1. The van der Waals surface area contributed by atoms with Crippen LogP contribution in [0.3, 0.4) is 0 Å². The number of hydrogen-bond donors (Lipinski definition) is 2. The second-order valence-corrected chi connectivity index (χ2v) is 5.66. The Hall–Kier alpha value is -1.62. The number of nitrogens with two attached hydrogens (primary N) is 1. The molecule has 116 valence electrons. The Labute approximate surface area is 124 Å². The van der Waals surface area contributed by atoms with Crippen molar-refractivity contribution in [2.75, 3.05) is 13.7 Å². The zero-order chi connectivity index (χ0) is 15.4. The van der Waals surface area contributed by atoms with E-state index >= 15 is 0 Å². The van der Waals surface area contributed by atoms with Crippen LogP contribution in [-0.4, -0.2) is 19.6 Å². The van der Waals surface area contributed by atoms with E-state index in [1.807, 2.05) is 6.92 Å². The van der Waals surface area contributed by atoms with Crippen LogP contribution in [0.2, 0.25) is 0 Å². The van der Waals surface area contributed by atoms with E-state index in [2.05, 4.69) is 5.32 Å². The molecule has 1 aromatic rings. The Morgan fingerprint density at radius 3 is 2.90 bits per heavy atom. The molecular formula is C16H23FN2O2. The lowest BCUT2D eigenvalue weighted by atomic mass is 9.94. The summed E-state index contributed by atoms with van der Waals surface area (Å²) in [6.45, 7) is 2.40. The van der Waals surface area contributed by atoms with Crippen LogP contribution in [0.1, 0.15) is 37.8 Å². The molecule has 1 aromatic carbocycles. The maximum absolute atomic E-state index is 13.7. The van der Waals surface area contributed by atoms with Gasteiger partial charge in [-0.25, -0.2) is 4.39 Å². The molecule has 0 aliphatic heterocycles. The van der Waals surface area contributed by atoms with E-state index in [1.165, 1.54) is 13.2 Å². The van der Waals surface area contributed by atoms with E-state index in [9.17, 15) is 9.18 Å². The number of benzene rings is 1. The lowest BCUT2D eigenvalue weighted by Crippen LogP contribution is -2.36. The number of carbonyl (C=O) groups excluding carboxylic acids is 1. The van der Waals surface area contributed by atoms with Gasteiger partial charge < -0.3 is 15.8 Å². The summed E-state index contributed by atoms with van der Waals surface area (Å²) >= 11 is 0. The number of rotatable bonds is 5. The molecule has 0 spiro atoms. The minimum atomic E-state index is -0.420. The first-order valence-corrected chi connectivity index (χ1v) is 7.40. The van der Waals surface area contributed by atoms with E-state index in [1.54, 1.807) is 12.1 Å². The molecule has 5 heteroatoms. The van der Waals surface area contributed by atoms with Crippen molar-refractivity contribution in [3.8, 4) is 5.75 Å². The van der Waals surface area contributed by atoms with Crippen LogP contribution in [0.5, 0.6) is 5.75 Å². The second kappa shape index (κ2) is 6.89. The van der Waals surface area contributed by atoms with E-state index in [4.69, 9.17) is 10.5 Å². The Kier molecular flexibility index (Phi) is 5.17. The maximum atomic E-state index is 13.7. The Morgan fingerprint density at radius 2 is 2.29 bits per heavy atom. The Morgan fingerprint density at radius 1 is 1.52 bits per heavy atom. The van der Waals surface area contributed by atoms with E-state index < -0.39 is 5.82 Å². The molecule has 0 saturated heterocycles. The van der Waals surface area contributed by atoms with Gasteiger partial charge in [0.05, 0.1) is 13.2 Å². The SMILES string of the molecule is COc1ccc(C(C)NC(=O)[C@@H]2CCC[C@@H]2CN)cc1F. The van der Waals surface area contributed by atoms with Crippen molar-refractivity contribution < 1.29 is 13.9 Å². The van der Waals surface area contributed by atoms with Crippen molar-refractivity contribution in [3.05, 3.63) is 29.6 Å². The molecule has 21 heavy (non-hydrogen) atoms. The number of halogens is 1. The molecule has 3 atom stereocenters. The molecule has 4 nitrogen and oxygen atoms in total. The van der Waals surface area contributed by atoms with E-state index in [0.717, 1.165) is 24.8 Å². The van der Waals surface area contributed by atoms with Crippen LogP contribution < -0.4 is 15.8 Å². The van der Waals surface area contributed by atoms with Crippen molar-refractivity contribution in [2.24, 2.45) is 17.6 Å². The zero-order valence-electron chi connectivity index (χ0n) is 12.6. The molecule has 1 aliphatic rings. The average molecular weight is 294 g/mol. The highest BCUT2D eigenvalue weighted by molar-refractivity contribution is 5.79. The van der Waals surface area contributed by atoms with Gasteiger partial charge in [-0.3, -0.25) is 4.79 Å². The molecule has 0 bridgehead atoms. The van der Waals surface area contributed by atoms with Gasteiger partial charge in [0, 0.05) is 5.92 Å². The first kappa shape index (κ1) is 15.8. The fourth-order valence-electron chi connectivity index (χ4n) is 3.02. The quantitative estimate of drug-likeness (QED) is 0.876. The van der Waals surface area contributed by atoms with Crippen molar-refractivity contribution in [3.63, 3.8) is 0 Å². The van der Waals surface area contributed by atoms with Gasteiger partial charge in [0.15, 0.2) is 11.6 Å². The highest BCUT2D eigenvalue weighted by Gasteiger charge is 2.32. The average Bonchev–Trinajstić information content (AvgIpc) is 2.95. The first-order valence-electron chi connectivity index (χ1n) is 7.40. The second-order valence-electron chi connectivity index (χ2n) is 5.66. The van der Waals surface area contributed by atoms with Crippen LogP contribution >= 0.6 is 0 Å². The van der Waals surface area contributed by atoms with Gasteiger partial charge in [0.25, 0.3) is 0 Å². The largest absolute Gasteiger partial charge is 0.494 e. The molecule has 1 unspecified atom stereocenters. The summed E-state index contributed by atoms with van der Waals surface area (Å²) in [6.07, 6.45) is 2.95. The lowest BCUT2D eigenvalue weighted by molar-refractivity contribution is -0.126. The van der Waals surface area contributed by atoms with Gasteiger partial charge in [0.2, 0.25) is 5.91 Å². The number of methoxy groups -OCH3 is 1. The molecule has 0 heterocycles. The van der Waals surface area contributed by atoms with Gasteiger partial charge in [0.1, 0.15) is 0 Å². The Balaban J connectivity index is 2.02. The van der Waals surface area contributed by atoms with E-state index in [-0.39, 0.29) is 29.5 Å². The molecular weight excluding hydrogens is 271 g/mol. The molecule has 3 N–H and O–H groups in total. The van der Waals surface area contributed by atoms with Crippen molar-refractivity contribution >= 4 is 5.91 Å². The summed E-state index contributed by atoms with van der Waals surface area (Å²) in [5.41, 5.74) is 6.44. The van der Waals surface area contributed by atoms with Gasteiger partial charge in [-0.15, -0.1) is 0 Å². The number of ether oxygens (including phenoxy) is 1. The van der Waals surface area contributed by atoms with Crippen molar-refractivity contribution in [1.82, 2.24) is 5.32 Å². The standard InChI is InChI=1S/C16H23FN2O2/c1-10(11-6-7-15(21-2)14(17)8-11)19-16(20)13-5-3-4-12(13)9-18/h6-8,10,12-13H,3-5,9,18H2,1-2H3,(H,19,20)/t10?,12-,13-/m1/s1. The minimum Gasteiger partial charge on any atom is -0.494 e. The number of nitrogens with one attached hydrogen (secondary N) is 1. The molecule has 0 radical (unpaired) electrons. The summed E-state index contributed by atoms with van der Waals surface area (Å²) in [5.74, 6) is 0.0603. The highest BCUT2D eigenvalue weighted by atomic mass is 19.1. The topological polar surface area (TPSA) is 64.3 Å². The van der Waals surface area contributed by atoms with Crippen molar-refractivity contribution in [2.45, 2.75) is 32.2 Å². The smallest absolute Gasteiger partial charge is 0.223 e. The molecule has 2 rings (SSSR count). The summed E-state index contributed by atoms with van der Waals surface area (Å²) in [6, 6.07) is 4.50. The minimum absolute atomic E-state index is 0.0134. The fourth-order valence-corrected chi connectivity index (χ4v) is 3.02. The monoisotopic (exact) mass is 294 g/mol. The van der Waals surface area contributed by atoms with Gasteiger partial charge in [-0.1, -0.05) is 12.5 Å². The summed E-state index contributed by atoms with van der Waals surface area (Å²) in [5, 5.41) is 2.97. The predicted molar refractivity (Wildman–Crippen MR) is 79.4 cm³/mol. The highest BCUT2D eigenvalue weighted by Crippen LogP contribution is 2.31. The van der Waals surface area contributed by atoms with Crippen LogP contribution in [0.4, 0.5) is 4.39 Å². The molecule has 1 fully saturated rings. The van der Waals surface area contributed by atoms with Crippen LogP contribution in [0.25, 0.3) is 0 Å². The maximum Gasteiger partial charge on any atom is 0.223 e. The normalized spacial score (nSPS) is 22.9. The molecule has 1 amide bonds. The number of carbonyl (C=O) groups is 1. The van der Waals surface area contributed by atoms with E-state index in [0.29, 0.717) is 6.54 Å². The van der Waals surface area contributed by atoms with Gasteiger partial charge >= 0.3 is 0 Å². The summed E-state index contributed by atoms with van der Waals surface area (Å²) in [7, 11) is 1.43. The number of hydrogen-bond acceptors (Lipinski definition) is 3. The van der Waals surface area contributed by atoms with Crippen LogP contribution in [-0.2, 0) is 4.79 Å². The zero-order valence-corrected chi connectivity index (χ0v) is 12.6. The summed E-state index contributed by atoms with van der Waals surface area (Å²) < 4.78 is 18.6. The Bertz CT molecular complexity index is 507. The third-order valence-corrected chi connectivity index (χ3v) is 4.33. The molecule has 1 saturated carbocycles. The summed E-state index contributed by atoms with van der Waals surface area (Å²) in [4.78, 5) is 12.3.